The Bertz CT molecular complexity index is 346. The van der Waals surface area contributed by atoms with Gasteiger partial charge in [-0.15, -0.1) is 0 Å². The van der Waals surface area contributed by atoms with E-state index in [2.05, 4.69) is 4.74 Å². The van der Waals surface area contributed by atoms with Gasteiger partial charge in [-0.05, 0) is 12.0 Å². The van der Waals surface area contributed by atoms with Crippen molar-refractivity contribution in [1.82, 2.24) is 0 Å². The average Bonchev–Trinajstić information content (AvgIpc) is 2.30. The van der Waals surface area contributed by atoms with E-state index in [1.54, 1.807) is 6.08 Å². The summed E-state index contributed by atoms with van der Waals surface area (Å²) in [5.74, 6) is -0.247. The molecule has 0 saturated carbocycles. The highest BCUT2D eigenvalue weighted by Gasteiger charge is 2.00. The molecule has 0 aromatic heterocycles. The zero-order chi connectivity index (χ0) is 11.8. The molecule has 0 aliphatic heterocycles. The smallest absolute Gasteiger partial charge is 0.309 e. The maximum atomic E-state index is 10.8. The molecule has 1 aromatic carbocycles. The molecule has 3 heteroatoms. The lowest BCUT2D eigenvalue weighted by Crippen LogP contribution is -2.19. The van der Waals surface area contributed by atoms with Crippen LogP contribution in [0.25, 0.3) is 0 Å². The van der Waals surface area contributed by atoms with Crippen molar-refractivity contribution in [3.63, 3.8) is 0 Å². The first-order valence-corrected chi connectivity index (χ1v) is 5.25. The van der Waals surface area contributed by atoms with E-state index in [4.69, 9.17) is 5.73 Å². The van der Waals surface area contributed by atoms with E-state index >= 15 is 0 Å². The van der Waals surface area contributed by atoms with E-state index in [9.17, 15) is 4.79 Å². The fourth-order valence-corrected chi connectivity index (χ4v) is 1.38. The third kappa shape index (κ3) is 4.75. The highest BCUT2D eigenvalue weighted by molar-refractivity contribution is 5.70. The molecular formula is C13H17NO2. The second-order valence-corrected chi connectivity index (χ2v) is 3.56. The van der Waals surface area contributed by atoms with Gasteiger partial charge in [-0.2, -0.15) is 0 Å². The molecule has 1 unspecified atom stereocenters. The Balaban J connectivity index is 2.36. The third-order valence-corrected chi connectivity index (χ3v) is 2.21. The Morgan fingerprint density at radius 3 is 2.75 bits per heavy atom. The van der Waals surface area contributed by atoms with Crippen LogP contribution >= 0.6 is 0 Å². The van der Waals surface area contributed by atoms with Crippen molar-refractivity contribution in [2.45, 2.75) is 18.9 Å². The van der Waals surface area contributed by atoms with Gasteiger partial charge < -0.3 is 10.5 Å². The first-order chi connectivity index (χ1) is 7.72. The second-order valence-electron chi connectivity index (χ2n) is 3.56. The minimum absolute atomic E-state index is 0.0629. The molecule has 1 aromatic rings. The van der Waals surface area contributed by atoms with Gasteiger partial charge in [0.15, 0.2) is 0 Å². The lowest BCUT2D eigenvalue weighted by atomic mass is 10.1. The van der Waals surface area contributed by atoms with Gasteiger partial charge in [0, 0.05) is 6.04 Å². The summed E-state index contributed by atoms with van der Waals surface area (Å²) in [6.45, 7) is 0. The predicted molar refractivity (Wildman–Crippen MR) is 63.9 cm³/mol. The molecule has 0 heterocycles. The van der Waals surface area contributed by atoms with Gasteiger partial charge in [0.1, 0.15) is 0 Å². The predicted octanol–water partition coefficient (Wildman–Crippen LogP) is 1.68. The normalized spacial score (nSPS) is 12.6. The quantitative estimate of drug-likeness (QED) is 0.605. The molecule has 0 spiro atoms. The minimum atomic E-state index is -0.247. The summed E-state index contributed by atoms with van der Waals surface area (Å²) >= 11 is 0. The van der Waals surface area contributed by atoms with E-state index < -0.39 is 0 Å². The van der Waals surface area contributed by atoms with Crippen molar-refractivity contribution in [2.75, 3.05) is 7.11 Å². The number of benzene rings is 1. The van der Waals surface area contributed by atoms with E-state index in [0.717, 1.165) is 6.42 Å². The average molecular weight is 219 g/mol. The van der Waals surface area contributed by atoms with Gasteiger partial charge in [0.05, 0.1) is 13.5 Å². The molecule has 0 aliphatic carbocycles. The summed E-state index contributed by atoms with van der Waals surface area (Å²) in [7, 11) is 1.38. The molecule has 0 aliphatic rings. The monoisotopic (exact) mass is 219 g/mol. The van der Waals surface area contributed by atoms with Gasteiger partial charge in [-0.25, -0.2) is 0 Å². The third-order valence-electron chi connectivity index (χ3n) is 2.21. The first-order valence-electron chi connectivity index (χ1n) is 5.25. The topological polar surface area (TPSA) is 52.3 Å². The summed E-state index contributed by atoms with van der Waals surface area (Å²) in [6, 6.07) is 9.96. The molecular weight excluding hydrogens is 202 g/mol. The minimum Gasteiger partial charge on any atom is -0.469 e. The number of hydrogen-bond donors (Lipinski definition) is 1. The number of ether oxygens (including phenoxy) is 1. The zero-order valence-electron chi connectivity index (χ0n) is 9.43. The number of methoxy groups -OCH3 is 1. The van der Waals surface area contributed by atoms with Crippen LogP contribution in [-0.4, -0.2) is 19.1 Å². The van der Waals surface area contributed by atoms with E-state index in [-0.39, 0.29) is 18.4 Å². The van der Waals surface area contributed by atoms with Crippen molar-refractivity contribution < 1.29 is 9.53 Å². The number of carbonyl (C=O) groups excluding carboxylic acids is 1. The van der Waals surface area contributed by atoms with Gasteiger partial charge in [-0.1, -0.05) is 42.5 Å². The van der Waals surface area contributed by atoms with Crippen molar-refractivity contribution in [1.29, 1.82) is 0 Å². The van der Waals surface area contributed by atoms with Crippen LogP contribution in [0.15, 0.2) is 42.5 Å². The lowest BCUT2D eigenvalue weighted by molar-refractivity contribution is -0.139. The molecule has 0 bridgehead atoms. The molecule has 0 amide bonds. The van der Waals surface area contributed by atoms with Crippen LogP contribution in [0, 0.1) is 0 Å². The van der Waals surface area contributed by atoms with Crippen LogP contribution in [0.2, 0.25) is 0 Å². The Morgan fingerprint density at radius 2 is 2.12 bits per heavy atom. The summed E-state index contributed by atoms with van der Waals surface area (Å²) < 4.78 is 4.52. The van der Waals surface area contributed by atoms with Gasteiger partial charge in [0.2, 0.25) is 0 Å². The number of rotatable bonds is 5. The molecule has 16 heavy (non-hydrogen) atoms. The van der Waals surface area contributed by atoms with Crippen LogP contribution in [0.4, 0.5) is 0 Å². The van der Waals surface area contributed by atoms with E-state index in [1.807, 2.05) is 36.4 Å². The largest absolute Gasteiger partial charge is 0.469 e. The molecule has 0 saturated heterocycles. The number of nitrogens with two attached hydrogens (primary N) is 1. The first kappa shape index (κ1) is 12.5. The molecule has 1 rings (SSSR count). The summed E-state index contributed by atoms with van der Waals surface area (Å²) in [6.07, 6.45) is 4.64. The zero-order valence-corrected chi connectivity index (χ0v) is 9.43. The number of esters is 1. The highest BCUT2D eigenvalue weighted by Crippen LogP contribution is 2.02. The lowest BCUT2D eigenvalue weighted by Gasteiger charge is -2.05. The Kier molecular flexibility index (Phi) is 5.29. The molecule has 3 nitrogen and oxygen atoms in total. The van der Waals surface area contributed by atoms with Crippen LogP contribution in [-0.2, 0) is 16.0 Å². The van der Waals surface area contributed by atoms with Gasteiger partial charge in [-0.3, -0.25) is 4.79 Å². The van der Waals surface area contributed by atoms with Crippen LogP contribution in [0.3, 0.4) is 0 Å². The van der Waals surface area contributed by atoms with Crippen LogP contribution < -0.4 is 5.73 Å². The van der Waals surface area contributed by atoms with Crippen molar-refractivity contribution in [3.8, 4) is 0 Å². The SMILES string of the molecule is COC(=O)C/C=C/C(N)Cc1ccccc1. The van der Waals surface area contributed by atoms with Crippen molar-refractivity contribution in [3.05, 3.63) is 48.0 Å². The summed E-state index contributed by atoms with van der Waals surface area (Å²) in [5.41, 5.74) is 7.09. The summed E-state index contributed by atoms with van der Waals surface area (Å²) in [5, 5.41) is 0. The Labute approximate surface area is 95.9 Å². The van der Waals surface area contributed by atoms with E-state index in [0.29, 0.717) is 0 Å². The molecule has 0 radical (unpaired) electrons. The van der Waals surface area contributed by atoms with Crippen LogP contribution in [0.5, 0.6) is 0 Å². The molecule has 86 valence electrons. The van der Waals surface area contributed by atoms with Crippen LogP contribution in [0.1, 0.15) is 12.0 Å². The Morgan fingerprint density at radius 1 is 1.44 bits per heavy atom. The number of carbonyl (C=O) groups is 1. The van der Waals surface area contributed by atoms with Gasteiger partial charge >= 0.3 is 5.97 Å². The standard InChI is InChI=1S/C13H17NO2/c1-16-13(15)9-5-8-12(14)10-11-6-3-2-4-7-11/h2-8,12H,9-10,14H2,1H3/b8-5+. The second kappa shape index (κ2) is 6.80. The number of hydrogen-bond acceptors (Lipinski definition) is 3. The summed E-state index contributed by atoms with van der Waals surface area (Å²) in [4.78, 5) is 10.8. The molecule has 1 atom stereocenters. The van der Waals surface area contributed by atoms with Crippen molar-refractivity contribution in [2.24, 2.45) is 5.73 Å². The molecule has 2 N–H and O–H groups in total. The fraction of sp³-hybridized carbons (Fsp3) is 0.308. The highest BCUT2D eigenvalue weighted by atomic mass is 16.5. The Hall–Kier alpha value is -1.61. The van der Waals surface area contributed by atoms with Gasteiger partial charge in [0.25, 0.3) is 0 Å². The van der Waals surface area contributed by atoms with Crippen molar-refractivity contribution >= 4 is 5.97 Å². The maximum Gasteiger partial charge on any atom is 0.309 e. The van der Waals surface area contributed by atoms with E-state index in [1.165, 1.54) is 12.7 Å². The maximum absolute atomic E-state index is 10.8. The molecule has 0 fully saturated rings. The fourth-order valence-electron chi connectivity index (χ4n) is 1.38.